The first-order chi connectivity index (χ1) is 14.2. The molecule has 0 bridgehead atoms. The Morgan fingerprint density at radius 1 is 1.17 bits per heavy atom. The van der Waals surface area contributed by atoms with Crippen LogP contribution in [0.15, 0.2) is 57.7 Å². The van der Waals surface area contributed by atoms with Gasteiger partial charge in [0.2, 0.25) is 0 Å². The minimum absolute atomic E-state index is 0.227. The third kappa shape index (κ3) is 4.05. The second-order valence-electron chi connectivity index (χ2n) is 6.62. The average Bonchev–Trinajstić information content (AvgIpc) is 3.41. The summed E-state index contributed by atoms with van der Waals surface area (Å²) >= 11 is 0. The van der Waals surface area contributed by atoms with Crippen LogP contribution < -0.4 is 5.32 Å². The molecule has 0 atom stereocenters. The third-order valence-electron chi connectivity index (χ3n) is 4.58. The zero-order chi connectivity index (χ0) is 20.2. The number of benzene rings is 1. The highest BCUT2D eigenvalue weighted by atomic mass is 16.5. The molecule has 1 aromatic carbocycles. The molecule has 4 aromatic rings. The van der Waals surface area contributed by atoms with Gasteiger partial charge in [0, 0.05) is 13.2 Å². The highest BCUT2D eigenvalue weighted by molar-refractivity contribution is 6.06. The van der Waals surface area contributed by atoms with Gasteiger partial charge in [0.25, 0.3) is 11.6 Å². The zero-order valence-electron chi connectivity index (χ0n) is 16.3. The van der Waals surface area contributed by atoms with Crippen LogP contribution in [0.4, 0.5) is 0 Å². The molecule has 0 aliphatic heterocycles. The molecule has 7 heteroatoms. The van der Waals surface area contributed by atoms with Crippen LogP contribution in [-0.4, -0.2) is 22.7 Å². The molecule has 0 radical (unpaired) electrons. The van der Waals surface area contributed by atoms with E-state index in [-0.39, 0.29) is 5.91 Å². The lowest BCUT2D eigenvalue weighted by molar-refractivity contribution is 0.0952. The first-order valence-corrected chi connectivity index (χ1v) is 9.40. The van der Waals surface area contributed by atoms with Gasteiger partial charge in [-0.1, -0.05) is 29.4 Å². The van der Waals surface area contributed by atoms with Crippen LogP contribution in [0.3, 0.4) is 0 Å². The van der Waals surface area contributed by atoms with Gasteiger partial charge in [0.1, 0.15) is 5.69 Å². The van der Waals surface area contributed by atoms with Crippen molar-refractivity contribution in [2.24, 2.45) is 0 Å². The van der Waals surface area contributed by atoms with Crippen LogP contribution in [0.2, 0.25) is 0 Å². The second-order valence-corrected chi connectivity index (χ2v) is 6.62. The van der Waals surface area contributed by atoms with Crippen LogP contribution in [-0.2, 0) is 17.9 Å². The minimum Gasteiger partial charge on any atom is -0.463 e. The van der Waals surface area contributed by atoms with E-state index in [0.717, 1.165) is 11.1 Å². The summed E-state index contributed by atoms with van der Waals surface area (Å²) in [6, 6.07) is 13.2. The summed E-state index contributed by atoms with van der Waals surface area (Å²) in [6.07, 6.45) is 1.56. The topological polar surface area (TPSA) is 90.4 Å². The number of hydrogen-bond donors (Lipinski definition) is 1. The molecule has 1 N–H and O–H groups in total. The molecule has 0 aliphatic carbocycles. The lowest BCUT2D eigenvalue weighted by atomic mass is 10.1. The number of nitrogens with one attached hydrogen (secondary N) is 1. The molecule has 3 aromatic heterocycles. The van der Waals surface area contributed by atoms with E-state index in [1.165, 1.54) is 0 Å². The fourth-order valence-corrected chi connectivity index (χ4v) is 3.08. The minimum atomic E-state index is -0.227. The Hall–Kier alpha value is -3.45. The predicted molar refractivity (Wildman–Crippen MR) is 107 cm³/mol. The van der Waals surface area contributed by atoms with Crippen LogP contribution in [0.5, 0.6) is 0 Å². The Morgan fingerprint density at radius 3 is 2.69 bits per heavy atom. The monoisotopic (exact) mass is 391 g/mol. The largest absolute Gasteiger partial charge is 0.463 e. The van der Waals surface area contributed by atoms with Crippen molar-refractivity contribution in [3.63, 3.8) is 0 Å². The summed E-state index contributed by atoms with van der Waals surface area (Å²) in [5.74, 6) is 0.329. The molecule has 0 unspecified atom stereocenters. The maximum Gasteiger partial charge on any atom is 0.259 e. The molecule has 0 fully saturated rings. The number of pyridine rings is 1. The number of furan rings is 1. The number of carbonyl (C=O) groups is 1. The van der Waals surface area contributed by atoms with E-state index in [9.17, 15) is 4.79 Å². The van der Waals surface area contributed by atoms with E-state index in [1.807, 2.05) is 31.2 Å². The summed E-state index contributed by atoms with van der Waals surface area (Å²) in [7, 11) is 0. The van der Waals surface area contributed by atoms with Crippen molar-refractivity contribution < 1.29 is 18.5 Å². The SMILES string of the molecule is CCOCc1ccc(CNC(=O)c2cc(-c3ccco3)nc3onc(C)c23)cc1. The van der Waals surface area contributed by atoms with Gasteiger partial charge in [-0.15, -0.1) is 0 Å². The highest BCUT2D eigenvalue weighted by Gasteiger charge is 2.20. The maximum atomic E-state index is 13.0. The number of hydrogen-bond acceptors (Lipinski definition) is 6. The second kappa shape index (κ2) is 8.28. The molecule has 0 saturated carbocycles. The lowest BCUT2D eigenvalue weighted by Crippen LogP contribution is -2.23. The Morgan fingerprint density at radius 2 is 1.97 bits per heavy atom. The van der Waals surface area contributed by atoms with Gasteiger partial charge in [-0.05, 0) is 43.2 Å². The highest BCUT2D eigenvalue weighted by Crippen LogP contribution is 2.27. The zero-order valence-corrected chi connectivity index (χ0v) is 16.3. The van der Waals surface area contributed by atoms with Gasteiger partial charge in [0.05, 0.1) is 29.5 Å². The number of carbonyl (C=O) groups excluding carboxylic acids is 1. The van der Waals surface area contributed by atoms with Crippen LogP contribution in [0.25, 0.3) is 22.6 Å². The Kier molecular flexibility index (Phi) is 5.39. The van der Waals surface area contributed by atoms with Crippen molar-refractivity contribution >= 4 is 17.0 Å². The van der Waals surface area contributed by atoms with Crippen LogP contribution in [0, 0.1) is 6.92 Å². The van der Waals surface area contributed by atoms with E-state index in [4.69, 9.17) is 13.7 Å². The molecule has 4 rings (SSSR count). The fourth-order valence-electron chi connectivity index (χ4n) is 3.08. The van der Waals surface area contributed by atoms with Crippen molar-refractivity contribution in [2.45, 2.75) is 27.0 Å². The molecule has 0 saturated heterocycles. The molecular weight excluding hydrogens is 370 g/mol. The first-order valence-electron chi connectivity index (χ1n) is 9.40. The summed E-state index contributed by atoms with van der Waals surface area (Å²) < 4.78 is 16.1. The summed E-state index contributed by atoms with van der Waals surface area (Å²) in [5, 5.41) is 7.52. The molecule has 3 heterocycles. The summed E-state index contributed by atoms with van der Waals surface area (Å²) in [6.45, 7) is 5.42. The van der Waals surface area contributed by atoms with E-state index < -0.39 is 0 Å². The number of nitrogens with zero attached hydrogens (tertiary/aromatic N) is 2. The lowest BCUT2D eigenvalue weighted by Gasteiger charge is -2.08. The van der Waals surface area contributed by atoms with Gasteiger partial charge in [-0.2, -0.15) is 0 Å². The summed E-state index contributed by atoms with van der Waals surface area (Å²) in [5.41, 5.74) is 3.99. The van der Waals surface area contributed by atoms with E-state index >= 15 is 0 Å². The third-order valence-corrected chi connectivity index (χ3v) is 4.58. The average molecular weight is 391 g/mol. The Balaban J connectivity index is 1.55. The van der Waals surface area contributed by atoms with E-state index in [0.29, 0.717) is 53.6 Å². The normalized spacial score (nSPS) is 11.1. The van der Waals surface area contributed by atoms with Gasteiger partial charge in [0.15, 0.2) is 5.76 Å². The number of ether oxygens (including phenoxy) is 1. The van der Waals surface area contributed by atoms with Crippen molar-refractivity contribution in [3.05, 3.63) is 71.1 Å². The summed E-state index contributed by atoms with van der Waals surface area (Å²) in [4.78, 5) is 17.4. The molecule has 148 valence electrons. The molecule has 29 heavy (non-hydrogen) atoms. The van der Waals surface area contributed by atoms with Gasteiger partial charge in [-0.25, -0.2) is 4.98 Å². The molecule has 0 spiro atoms. The van der Waals surface area contributed by atoms with E-state index in [1.54, 1.807) is 31.4 Å². The predicted octanol–water partition coefficient (Wildman–Crippen LogP) is 4.26. The number of aryl methyl sites for hydroxylation is 1. The number of aromatic nitrogens is 2. The van der Waals surface area contributed by atoms with Crippen LogP contribution in [0.1, 0.15) is 34.1 Å². The van der Waals surface area contributed by atoms with Crippen molar-refractivity contribution in [1.82, 2.24) is 15.5 Å². The Labute approximate surface area is 167 Å². The van der Waals surface area contributed by atoms with Crippen LogP contribution >= 0.6 is 0 Å². The van der Waals surface area contributed by atoms with E-state index in [2.05, 4.69) is 15.5 Å². The number of amides is 1. The molecule has 1 amide bonds. The smallest absolute Gasteiger partial charge is 0.259 e. The first kappa shape index (κ1) is 18.9. The van der Waals surface area contributed by atoms with Crippen molar-refractivity contribution in [1.29, 1.82) is 0 Å². The molecule has 0 aliphatic rings. The van der Waals surface area contributed by atoms with Gasteiger partial charge < -0.3 is 19.0 Å². The van der Waals surface area contributed by atoms with Crippen molar-refractivity contribution in [2.75, 3.05) is 6.61 Å². The standard InChI is InChI=1S/C22H21N3O4/c1-3-27-13-16-8-6-15(7-9-16)12-23-21(26)17-11-18(19-5-4-10-28-19)24-22-20(17)14(2)25-29-22/h4-11H,3,12-13H2,1-2H3,(H,23,26). The Bertz CT molecular complexity index is 1120. The maximum absolute atomic E-state index is 13.0. The fraction of sp³-hybridized carbons (Fsp3) is 0.227. The molecular formula is C22H21N3O4. The van der Waals surface area contributed by atoms with Gasteiger partial charge >= 0.3 is 0 Å². The molecule has 7 nitrogen and oxygen atoms in total. The van der Waals surface area contributed by atoms with Crippen molar-refractivity contribution in [3.8, 4) is 11.5 Å². The van der Waals surface area contributed by atoms with Gasteiger partial charge in [-0.3, -0.25) is 4.79 Å². The number of fused-ring (bicyclic) bond motifs is 1. The number of rotatable bonds is 7. The quantitative estimate of drug-likeness (QED) is 0.506.